The van der Waals surface area contributed by atoms with Crippen LogP contribution in [0.5, 0.6) is 0 Å². The summed E-state index contributed by atoms with van der Waals surface area (Å²) in [5, 5.41) is 9.17. The number of rotatable bonds is 5. The van der Waals surface area contributed by atoms with Crippen LogP contribution >= 0.6 is 0 Å². The van der Waals surface area contributed by atoms with Crippen LogP contribution in [0.1, 0.15) is 82.1 Å². The molecule has 0 spiro atoms. The molecule has 1 aliphatic carbocycles. The van der Waals surface area contributed by atoms with E-state index in [9.17, 15) is 9.59 Å². The van der Waals surface area contributed by atoms with Crippen LogP contribution in [-0.4, -0.2) is 46.6 Å². The molecule has 6 heterocycles. The minimum absolute atomic E-state index is 0.0354. The van der Waals surface area contributed by atoms with E-state index >= 15 is 0 Å². The van der Waals surface area contributed by atoms with E-state index in [0.29, 0.717) is 12.5 Å². The van der Waals surface area contributed by atoms with Gasteiger partial charge in [-0.3, -0.25) is 19.6 Å². The molecule has 7 nitrogen and oxygen atoms in total. The quantitative estimate of drug-likeness (QED) is 0.470. The van der Waals surface area contributed by atoms with E-state index in [1.165, 1.54) is 18.4 Å². The van der Waals surface area contributed by atoms with Gasteiger partial charge >= 0.3 is 0 Å². The molecule has 0 amide bonds. The van der Waals surface area contributed by atoms with Crippen molar-refractivity contribution in [1.29, 1.82) is 0 Å². The number of nitrogens with one attached hydrogen (secondary N) is 3. The van der Waals surface area contributed by atoms with Crippen LogP contribution in [0.15, 0.2) is 44.8 Å². The normalized spacial score (nSPS) is 37.7. The Labute approximate surface area is 248 Å². The van der Waals surface area contributed by atoms with E-state index in [1.807, 2.05) is 6.92 Å². The molecule has 220 valence electrons. The van der Waals surface area contributed by atoms with Crippen molar-refractivity contribution >= 4 is 35.1 Å². The van der Waals surface area contributed by atoms with Gasteiger partial charge in [0.05, 0.1) is 17.3 Å². The average molecular weight is 566 g/mol. The van der Waals surface area contributed by atoms with Crippen LogP contribution in [0.3, 0.4) is 0 Å². The number of hydrogen-bond acceptors (Lipinski definition) is 6. The first-order valence-corrected chi connectivity index (χ1v) is 16.0. The number of carbonyl (C=O) groups is 2. The molecule has 5 aliphatic heterocycles. The average Bonchev–Trinajstić information content (AvgIpc) is 3.78. The van der Waals surface area contributed by atoms with Crippen molar-refractivity contribution < 1.29 is 9.59 Å². The smallest absolute Gasteiger partial charge is 0.162 e. The van der Waals surface area contributed by atoms with Crippen molar-refractivity contribution in [2.75, 3.05) is 6.54 Å². The summed E-state index contributed by atoms with van der Waals surface area (Å²) in [5.74, 6) is 1.17. The number of allylic oxidation sites excluding steroid dienone is 3. The third-order valence-corrected chi connectivity index (χ3v) is 10.8. The first-order valence-electron chi connectivity index (χ1n) is 16.0. The Balaban J connectivity index is 1.42. The third kappa shape index (κ3) is 4.43. The molecule has 8 bridgehead atoms. The maximum Gasteiger partial charge on any atom is 0.162 e. The Morgan fingerprint density at radius 1 is 1.02 bits per heavy atom. The molecule has 3 unspecified atom stereocenters. The lowest BCUT2D eigenvalue weighted by molar-refractivity contribution is -0.119. The predicted octanol–water partition coefficient (Wildman–Crippen LogP) is 4.04. The second-order valence-corrected chi connectivity index (χ2v) is 13.3. The summed E-state index contributed by atoms with van der Waals surface area (Å²) in [6.07, 6.45) is 14.6. The maximum absolute atomic E-state index is 13.4. The van der Waals surface area contributed by atoms with E-state index in [-0.39, 0.29) is 47.2 Å². The minimum atomic E-state index is -0.148. The predicted molar refractivity (Wildman–Crippen MR) is 168 cm³/mol. The third-order valence-electron chi connectivity index (χ3n) is 10.8. The highest BCUT2D eigenvalue weighted by atomic mass is 16.1. The van der Waals surface area contributed by atoms with Gasteiger partial charge in [0, 0.05) is 75.6 Å². The fraction of sp³-hybridized carbons (Fsp3) is 0.543. The van der Waals surface area contributed by atoms with Crippen molar-refractivity contribution in [2.24, 2.45) is 39.6 Å². The van der Waals surface area contributed by atoms with E-state index in [0.717, 1.165) is 76.1 Å². The Kier molecular flexibility index (Phi) is 6.84. The van der Waals surface area contributed by atoms with Gasteiger partial charge in [-0.25, -0.2) is 0 Å². The Bertz CT molecular complexity index is 1640. The first-order chi connectivity index (χ1) is 20.2. The highest BCUT2D eigenvalue weighted by Crippen LogP contribution is 2.45. The number of aromatic nitrogens is 1. The molecule has 6 aliphatic rings. The molecule has 42 heavy (non-hydrogen) atoms. The molecule has 1 saturated heterocycles. The zero-order valence-electron chi connectivity index (χ0n) is 25.5. The second-order valence-electron chi connectivity index (χ2n) is 13.3. The van der Waals surface area contributed by atoms with Gasteiger partial charge in [0.1, 0.15) is 5.78 Å². The molecule has 7 heteroatoms. The highest BCUT2D eigenvalue weighted by Gasteiger charge is 2.46. The molecular weight excluding hydrogens is 522 g/mol. The molecular formula is C35H43N5O2. The number of aromatic amines is 1. The van der Waals surface area contributed by atoms with Gasteiger partial charge in [0.25, 0.3) is 0 Å². The lowest BCUT2D eigenvalue weighted by Gasteiger charge is -2.23. The number of Topliss-reactive ketones (excluding diaryl/α,β-unsaturated/α-hetero) is 2. The van der Waals surface area contributed by atoms with E-state index < -0.39 is 0 Å². The van der Waals surface area contributed by atoms with Crippen LogP contribution in [-0.2, 0) is 4.79 Å². The Morgan fingerprint density at radius 3 is 2.52 bits per heavy atom. The molecule has 1 aromatic heterocycles. The van der Waals surface area contributed by atoms with Crippen LogP contribution in [0, 0.1) is 36.5 Å². The first kappa shape index (κ1) is 27.5. The van der Waals surface area contributed by atoms with Gasteiger partial charge in [-0.05, 0) is 87.9 Å². The van der Waals surface area contributed by atoms with Gasteiger partial charge in [-0.1, -0.05) is 20.8 Å². The summed E-state index contributed by atoms with van der Waals surface area (Å²) >= 11 is 0. The fourth-order valence-electron chi connectivity index (χ4n) is 8.42. The Morgan fingerprint density at radius 2 is 1.79 bits per heavy atom. The van der Waals surface area contributed by atoms with E-state index in [1.54, 1.807) is 6.92 Å². The van der Waals surface area contributed by atoms with E-state index in [2.05, 4.69) is 60.7 Å². The molecule has 3 N–H and O–H groups in total. The molecule has 1 aromatic rings. The second kappa shape index (κ2) is 10.4. The van der Waals surface area contributed by atoms with Gasteiger partial charge in [0.15, 0.2) is 5.78 Å². The summed E-state index contributed by atoms with van der Waals surface area (Å²) in [6.45, 7) is 11.5. The lowest BCUT2D eigenvalue weighted by Crippen LogP contribution is -2.29. The topological polar surface area (TPSA) is 98.7 Å². The van der Waals surface area contributed by atoms with Crippen molar-refractivity contribution in [3.63, 3.8) is 0 Å². The van der Waals surface area contributed by atoms with E-state index in [4.69, 9.17) is 9.98 Å². The number of ketones is 2. The molecule has 2 fully saturated rings. The van der Waals surface area contributed by atoms with Gasteiger partial charge < -0.3 is 15.6 Å². The summed E-state index contributed by atoms with van der Waals surface area (Å²) in [6, 6.07) is 0.528. The number of fused-ring (bicyclic) bond motifs is 5. The van der Waals surface area contributed by atoms with Crippen molar-refractivity contribution in [3.05, 3.63) is 56.6 Å². The van der Waals surface area contributed by atoms with Crippen LogP contribution in [0.25, 0.3) is 12.2 Å². The molecule has 1 saturated carbocycles. The van der Waals surface area contributed by atoms with Gasteiger partial charge in [0.2, 0.25) is 0 Å². The molecule has 7 rings (SSSR count). The Hall–Kier alpha value is -3.32. The number of H-pyrrole nitrogens is 1. The lowest BCUT2D eigenvalue weighted by atomic mass is 9.83. The van der Waals surface area contributed by atoms with Gasteiger partial charge in [-0.2, -0.15) is 0 Å². The van der Waals surface area contributed by atoms with Crippen LogP contribution in [0.4, 0.5) is 0 Å². The van der Waals surface area contributed by atoms with Crippen LogP contribution < -0.4 is 21.3 Å². The molecule has 0 aromatic carbocycles. The minimum Gasteiger partial charge on any atom is -0.378 e. The highest BCUT2D eigenvalue weighted by molar-refractivity contribution is 6.15. The monoisotopic (exact) mass is 565 g/mol. The maximum atomic E-state index is 13.4. The summed E-state index contributed by atoms with van der Waals surface area (Å²) in [5.41, 5.74) is 8.01. The molecule has 0 radical (unpaired) electrons. The summed E-state index contributed by atoms with van der Waals surface area (Å²) in [7, 11) is 0. The number of hydrogen-bond donors (Lipinski definition) is 3. The summed E-state index contributed by atoms with van der Waals surface area (Å²) < 4.78 is 0. The van der Waals surface area contributed by atoms with Crippen LogP contribution in [0.2, 0.25) is 0 Å². The zero-order valence-corrected chi connectivity index (χ0v) is 25.5. The van der Waals surface area contributed by atoms with Gasteiger partial charge in [-0.15, -0.1) is 0 Å². The standard InChI is InChI=1S/C35H43N5O2/c1-6-23-17(2)27-16-31-33(20(5)41)19(4)29(39-31)15-28-18(3)24(10-9-21-8-7-11-36-21)34(40-28)26-14-32(42)25-12-22(37-35(25)26)13-30(23)38-27/h12-13,15-18,21,23-25,35-37,39H,6-11,14H2,1-5H3/b29-15-,30-13-,31-16-,34-26-/t17-,18+,21?,23-,24+,25?,35?/m1/s1. The number of nitrogens with zero attached hydrogens (tertiary/aromatic N) is 2. The van der Waals surface area contributed by atoms with Crippen molar-refractivity contribution in [2.45, 2.75) is 85.2 Å². The molecule has 7 atom stereocenters. The number of carbonyl (C=O) groups excluding carboxylic acids is 2. The SMILES string of the molecule is CC[C@H]1/C2=C/C3=CC4C(=O)C/C(=C5N=C(/C=c6\[nH]/c(c(C(C)=O)c6C)=C\C(=N2)[C@@H]1C)[C@@H](C)[C@@H]/5CCC1CCCN1)C4N3. The van der Waals surface area contributed by atoms with Crippen molar-refractivity contribution in [1.82, 2.24) is 15.6 Å². The zero-order chi connectivity index (χ0) is 29.3. The fourth-order valence-corrected chi connectivity index (χ4v) is 8.42. The van der Waals surface area contributed by atoms with Crippen molar-refractivity contribution in [3.8, 4) is 0 Å². The summed E-state index contributed by atoms with van der Waals surface area (Å²) in [4.78, 5) is 40.4. The number of aliphatic imine (C=N–C) groups is 2. The largest absolute Gasteiger partial charge is 0.378 e.